The number of carbonyl (C=O) groups is 1. The van der Waals surface area contributed by atoms with Gasteiger partial charge in [0.15, 0.2) is 0 Å². The van der Waals surface area contributed by atoms with Gasteiger partial charge >= 0.3 is 5.97 Å². The van der Waals surface area contributed by atoms with E-state index in [0.717, 1.165) is 11.1 Å². The van der Waals surface area contributed by atoms with Gasteiger partial charge in [0.25, 0.3) is 5.56 Å². The van der Waals surface area contributed by atoms with Crippen molar-refractivity contribution in [1.82, 2.24) is 4.57 Å². The molecule has 1 aromatic heterocycles. The Kier molecular flexibility index (Phi) is 5.76. The van der Waals surface area contributed by atoms with Crippen molar-refractivity contribution in [3.8, 4) is 11.8 Å². The van der Waals surface area contributed by atoms with Gasteiger partial charge in [0.1, 0.15) is 5.60 Å². The van der Waals surface area contributed by atoms with Gasteiger partial charge in [-0.1, -0.05) is 47.7 Å². The molecule has 0 radical (unpaired) electrons. The first kappa shape index (κ1) is 20.6. The van der Waals surface area contributed by atoms with Gasteiger partial charge in [0, 0.05) is 42.8 Å². The lowest BCUT2D eigenvalue weighted by Gasteiger charge is -2.16. The summed E-state index contributed by atoms with van der Waals surface area (Å²) in [7, 11) is 1.66. The summed E-state index contributed by atoms with van der Waals surface area (Å²) in [5, 5.41) is 10.8. The molecule has 1 aliphatic carbocycles. The standard InChI is InChI=1S/C24H25NO4/c1-5-29-23(27)20-16(2)13-19-21(20)18(15-25(4)22(19)26)11-12-24(3,28)14-17-9-7-6-8-10-17/h6-10,15,28H,5,13-14H2,1-4H3. The molecule has 1 atom stereocenters. The SMILES string of the molecule is CCOC(=O)C1=C(C)Cc2c1c(C#CC(C)(O)Cc1ccccc1)cn(C)c2=O. The molecule has 1 aromatic carbocycles. The zero-order chi connectivity index (χ0) is 21.2. The van der Waals surface area contributed by atoms with Crippen LogP contribution in [-0.4, -0.2) is 27.9 Å². The maximum atomic E-state index is 12.6. The van der Waals surface area contributed by atoms with Gasteiger partial charge in [-0.2, -0.15) is 0 Å². The fraction of sp³-hybridized carbons (Fsp3) is 0.333. The molecule has 1 N–H and O–H groups in total. The first-order chi connectivity index (χ1) is 13.7. The summed E-state index contributed by atoms with van der Waals surface area (Å²) < 4.78 is 6.67. The van der Waals surface area contributed by atoms with Crippen LogP contribution in [0.4, 0.5) is 0 Å². The van der Waals surface area contributed by atoms with Crippen molar-refractivity contribution in [3.05, 3.63) is 74.7 Å². The van der Waals surface area contributed by atoms with Gasteiger partial charge in [-0.25, -0.2) is 4.79 Å². The Morgan fingerprint density at radius 2 is 2.00 bits per heavy atom. The zero-order valence-corrected chi connectivity index (χ0v) is 17.2. The quantitative estimate of drug-likeness (QED) is 0.643. The molecular formula is C24H25NO4. The lowest BCUT2D eigenvalue weighted by Crippen LogP contribution is -2.25. The molecule has 1 unspecified atom stereocenters. The molecule has 0 fully saturated rings. The van der Waals surface area contributed by atoms with Crippen molar-refractivity contribution in [2.75, 3.05) is 6.61 Å². The number of nitrogens with zero attached hydrogens (tertiary/aromatic N) is 1. The van der Waals surface area contributed by atoms with Crippen LogP contribution in [0.25, 0.3) is 5.57 Å². The predicted molar refractivity (Wildman–Crippen MR) is 112 cm³/mol. The Bertz CT molecular complexity index is 1100. The number of carbonyl (C=O) groups excluding carboxylic acids is 1. The van der Waals surface area contributed by atoms with Crippen molar-refractivity contribution >= 4 is 11.5 Å². The summed E-state index contributed by atoms with van der Waals surface area (Å²) >= 11 is 0. The minimum Gasteiger partial charge on any atom is -0.462 e. The number of esters is 1. The topological polar surface area (TPSA) is 68.5 Å². The number of allylic oxidation sites excluding steroid dienone is 1. The first-order valence-corrected chi connectivity index (χ1v) is 9.62. The lowest BCUT2D eigenvalue weighted by molar-refractivity contribution is -0.136. The number of rotatable bonds is 4. The third-order valence-corrected chi connectivity index (χ3v) is 4.93. The van der Waals surface area contributed by atoms with Crippen LogP contribution in [0.1, 0.15) is 43.0 Å². The van der Waals surface area contributed by atoms with E-state index < -0.39 is 11.6 Å². The van der Waals surface area contributed by atoms with E-state index in [1.165, 1.54) is 4.57 Å². The summed E-state index contributed by atoms with van der Waals surface area (Å²) in [6, 6.07) is 9.62. The van der Waals surface area contributed by atoms with Gasteiger partial charge in [-0.05, 0) is 26.3 Å². The average Bonchev–Trinajstić information content (AvgIpc) is 3.02. The number of benzene rings is 1. The van der Waals surface area contributed by atoms with Crippen LogP contribution in [-0.2, 0) is 29.4 Å². The Balaban J connectivity index is 2.05. The molecule has 1 heterocycles. The molecule has 0 saturated heterocycles. The number of aromatic nitrogens is 1. The Labute approximate surface area is 170 Å². The highest BCUT2D eigenvalue weighted by Gasteiger charge is 2.30. The van der Waals surface area contributed by atoms with Crippen LogP contribution in [0, 0.1) is 11.8 Å². The normalized spacial score (nSPS) is 14.7. The second-order valence-electron chi connectivity index (χ2n) is 7.55. The second kappa shape index (κ2) is 8.10. The molecule has 5 nitrogen and oxygen atoms in total. The highest BCUT2D eigenvalue weighted by atomic mass is 16.5. The van der Waals surface area contributed by atoms with Crippen LogP contribution in [0.2, 0.25) is 0 Å². The second-order valence-corrected chi connectivity index (χ2v) is 7.55. The molecule has 29 heavy (non-hydrogen) atoms. The molecule has 0 spiro atoms. The van der Waals surface area contributed by atoms with E-state index in [1.807, 2.05) is 37.3 Å². The molecular weight excluding hydrogens is 366 g/mol. The van der Waals surface area contributed by atoms with Gasteiger partial charge < -0.3 is 14.4 Å². The van der Waals surface area contributed by atoms with Gasteiger partial charge in [0.05, 0.1) is 12.2 Å². The Hall–Kier alpha value is -3.10. The summed E-state index contributed by atoms with van der Waals surface area (Å²) in [5.41, 5.74) is 2.38. The number of hydrogen-bond donors (Lipinski definition) is 1. The van der Waals surface area contributed by atoms with E-state index >= 15 is 0 Å². The molecule has 3 rings (SSSR count). The fourth-order valence-electron chi connectivity index (χ4n) is 3.63. The highest BCUT2D eigenvalue weighted by molar-refractivity contribution is 6.19. The smallest absolute Gasteiger partial charge is 0.338 e. The van der Waals surface area contributed by atoms with Crippen molar-refractivity contribution in [3.63, 3.8) is 0 Å². The zero-order valence-electron chi connectivity index (χ0n) is 17.2. The maximum absolute atomic E-state index is 12.6. The van der Waals surface area contributed by atoms with Crippen LogP contribution < -0.4 is 5.56 Å². The average molecular weight is 391 g/mol. The Morgan fingerprint density at radius 3 is 2.66 bits per heavy atom. The maximum Gasteiger partial charge on any atom is 0.338 e. The number of fused-ring (bicyclic) bond motifs is 1. The predicted octanol–water partition coefficient (Wildman–Crippen LogP) is 2.62. The largest absolute Gasteiger partial charge is 0.462 e. The monoisotopic (exact) mass is 391 g/mol. The highest BCUT2D eigenvalue weighted by Crippen LogP contribution is 2.34. The van der Waals surface area contributed by atoms with E-state index in [4.69, 9.17) is 4.74 Å². The number of ether oxygens (including phenoxy) is 1. The molecule has 0 amide bonds. The number of aliphatic hydroxyl groups is 1. The molecule has 5 heteroatoms. The third kappa shape index (κ3) is 4.33. The number of aryl methyl sites for hydroxylation is 1. The van der Waals surface area contributed by atoms with E-state index in [-0.39, 0.29) is 12.2 Å². The molecule has 2 aromatic rings. The van der Waals surface area contributed by atoms with E-state index in [2.05, 4.69) is 11.8 Å². The van der Waals surface area contributed by atoms with Crippen LogP contribution in [0.3, 0.4) is 0 Å². The summed E-state index contributed by atoms with van der Waals surface area (Å²) in [5.74, 6) is 5.49. The summed E-state index contributed by atoms with van der Waals surface area (Å²) in [4.78, 5) is 25.1. The summed E-state index contributed by atoms with van der Waals surface area (Å²) in [6.45, 7) is 5.48. The molecule has 0 aliphatic heterocycles. The first-order valence-electron chi connectivity index (χ1n) is 9.62. The molecule has 0 saturated carbocycles. The Morgan fingerprint density at radius 1 is 1.31 bits per heavy atom. The number of hydrogen-bond acceptors (Lipinski definition) is 4. The van der Waals surface area contributed by atoms with Gasteiger partial charge in [-0.3, -0.25) is 4.79 Å². The van der Waals surface area contributed by atoms with E-state index in [9.17, 15) is 14.7 Å². The molecule has 150 valence electrons. The van der Waals surface area contributed by atoms with Crippen LogP contribution in [0.5, 0.6) is 0 Å². The molecule has 0 bridgehead atoms. The van der Waals surface area contributed by atoms with Crippen molar-refractivity contribution in [1.29, 1.82) is 0 Å². The fourth-order valence-corrected chi connectivity index (χ4v) is 3.63. The van der Waals surface area contributed by atoms with Gasteiger partial charge in [-0.15, -0.1) is 0 Å². The minimum absolute atomic E-state index is 0.153. The minimum atomic E-state index is -1.26. The van der Waals surface area contributed by atoms with Crippen LogP contribution >= 0.6 is 0 Å². The van der Waals surface area contributed by atoms with Crippen molar-refractivity contribution < 1.29 is 14.6 Å². The van der Waals surface area contributed by atoms with Crippen LogP contribution in [0.15, 0.2) is 46.9 Å². The summed E-state index contributed by atoms with van der Waals surface area (Å²) in [6.07, 6.45) is 2.38. The third-order valence-electron chi connectivity index (χ3n) is 4.93. The lowest BCUT2D eigenvalue weighted by atomic mass is 9.95. The van der Waals surface area contributed by atoms with Gasteiger partial charge in [0.2, 0.25) is 0 Å². The number of pyridine rings is 1. The molecule has 1 aliphatic rings. The van der Waals surface area contributed by atoms with E-state index in [1.54, 1.807) is 27.1 Å². The van der Waals surface area contributed by atoms with E-state index in [0.29, 0.717) is 35.1 Å². The van der Waals surface area contributed by atoms with Crippen molar-refractivity contribution in [2.24, 2.45) is 7.05 Å². The van der Waals surface area contributed by atoms with Crippen molar-refractivity contribution in [2.45, 2.75) is 39.2 Å².